The van der Waals surface area contributed by atoms with Gasteiger partial charge < -0.3 is 4.90 Å². The molecule has 3 rings (SSSR count). The Morgan fingerprint density at radius 1 is 0.778 bits per heavy atom. The number of nitrogens with zero attached hydrogens (tertiary/aromatic N) is 2. The molecule has 2 heteroatoms. The molecule has 36 heavy (non-hydrogen) atoms. The van der Waals surface area contributed by atoms with E-state index in [0.717, 1.165) is 38.6 Å². The first kappa shape index (κ1) is 28.5. The molecule has 0 saturated carbocycles. The molecule has 2 unspecified atom stereocenters. The Bertz CT molecular complexity index is 899. The fraction of sp³-hybridized carbons (Fsp3) is 0.618. The fourth-order valence-electron chi connectivity index (χ4n) is 6.13. The lowest BCUT2D eigenvalue weighted by atomic mass is 9.74. The van der Waals surface area contributed by atoms with Crippen LogP contribution in [0.15, 0.2) is 54.6 Å². The number of likely N-dealkylation sites (N-methyl/N-ethyl adjacent to an activating group) is 1. The van der Waals surface area contributed by atoms with Gasteiger partial charge in [0.15, 0.2) is 0 Å². The summed E-state index contributed by atoms with van der Waals surface area (Å²) in [5.74, 6) is 0. The molecule has 2 aromatic rings. The fourth-order valence-corrected chi connectivity index (χ4v) is 6.13. The van der Waals surface area contributed by atoms with Crippen molar-refractivity contribution in [1.29, 1.82) is 5.26 Å². The molecular formula is C34H50N2. The van der Waals surface area contributed by atoms with Crippen LogP contribution in [0.1, 0.15) is 114 Å². The maximum Gasteiger partial charge on any atom is 0.0822 e. The summed E-state index contributed by atoms with van der Waals surface area (Å²) >= 11 is 0. The zero-order valence-corrected chi connectivity index (χ0v) is 23.2. The highest BCUT2D eigenvalue weighted by Gasteiger charge is 2.32. The Labute approximate surface area is 222 Å². The van der Waals surface area contributed by atoms with Crippen LogP contribution < -0.4 is 0 Å². The monoisotopic (exact) mass is 486 g/mol. The summed E-state index contributed by atoms with van der Waals surface area (Å²) in [5.41, 5.74) is 3.93. The van der Waals surface area contributed by atoms with Crippen molar-refractivity contribution in [2.75, 3.05) is 13.6 Å². The van der Waals surface area contributed by atoms with Gasteiger partial charge in [0.05, 0.1) is 11.5 Å². The molecule has 0 radical (unpaired) electrons. The molecule has 2 atom stereocenters. The minimum atomic E-state index is -0.346. The van der Waals surface area contributed by atoms with E-state index in [2.05, 4.69) is 79.5 Å². The zero-order chi connectivity index (χ0) is 25.5. The molecule has 196 valence electrons. The van der Waals surface area contributed by atoms with Gasteiger partial charge in [0.25, 0.3) is 0 Å². The number of benzene rings is 2. The van der Waals surface area contributed by atoms with Gasteiger partial charge in [0, 0.05) is 6.04 Å². The van der Waals surface area contributed by atoms with Crippen LogP contribution in [-0.4, -0.2) is 24.5 Å². The lowest BCUT2D eigenvalue weighted by molar-refractivity contribution is 0.212. The maximum atomic E-state index is 10.4. The van der Waals surface area contributed by atoms with E-state index in [0.29, 0.717) is 6.04 Å². The largest absolute Gasteiger partial charge is 0.303 e. The second-order valence-electron chi connectivity index (χ2n) is 11.2. The van der Waals surface area contributed by atoms with Crippen LogP contribution in [0, 0.1) is 11.3 Å². The summed E-state index contributed by atoms with van der Waals surface area (Å²) in [6.07, 6.45) is 20.0. The Kier molecular flexibility index (Phi) is 12.6. The van der Waals surface area contributed by atoms with Gasteiger partial charge in [0.2, 0.25) is 0 Å². The Hall–Kier alpha value is -2.11. The van der Waals surface area contributed by atoms with Crippen LogP contribution in [0.3, 0.4) is 0 Å². The number of nitriles is 1. The van der Waals surface area contributed by atoms with E-state index in [1.807, 2.05) is 0 Å². The van der Waals surface area contributed by atoms with Gasteiger partial charge in [-0.1, -0.05) is 126 Å². The number of fused-ring (bicyclic) bond motifs is 1. The molecule has 2 aromatic carbocycles. The molecule has 0 saturated heterocycles. The second-order valence-corrected chi connectivity index (χ2v) is 11.2. The van der Waals surface area contributed by atoms with Crippen molar-refractivity contribution in [3.8, 4) is 6.07 Å². The summed E-state index contributed by atoms with van der Waals surface area (Å²) in [7, 11) is 2.29. The van der Waals surface area contributed by atoms with Crippen LogP contribution >= 0.6 is 0 Å². The van der Waals surface area contributed by atoms with Crippen LogP contribution in [0.5, 0.6) is 0 Å². The average Bonchev–Trinajstić information content (AvgIpc) is 2.93. The van der Waals surface area contributed by atoms with Crippen LogP contribution in [0.4, 0.5) is 0 Å². The molecule has 1 aliphatic rings. The number of rotatable bonds is 17. The molecule has 0 heterocycles. The van der Waals surface area contributed by atoms with Crippen molar-refractivity contribution in [2.45, 2.75) is 121 Å². The number of aryl methyl sites for hydroxylation is 1. The number of hydrogen-bond acceptors (Lipinski definition) is 2. The predicted molar refractivity (Wildman–Crippen MR) is 154 cm³/mol. The molecule has 0 N–H and O–H groups in total. The smallest absolute Gasteiger partial charge is 0.0822 e. The third-order valence-corrected chi connectivity index (χ3v) is 8.56. The van der Waals surface area contributed by atoms with Gasteiger partial charge in [-0.3, -0.25) is 0 Å². The minimum absolute atomic E-state index is 0.346. The Morgan fingerprint density at radius 2 is 1.36 bits per heavy atom. The van der Waals surface area contributed by atoms with Crippen LogP contribution in [-0.2, 0) is 18.3 Å². The van der Waals surface area contributed by atoms with Gasteiger partial charge in [-0.25, -0.2) is 0 Å². The van der Waals surface area contributed by atoms with Crippen molar-refractivity contribution in [2.24, 2.45) is 0 Å². The summed E-state index contributed by atoms with van der Waals surface area (Å²) in [6, 6.07) is 23.0. The molecular weight excluding hydrogens is 436 g/mol. The molecule has 1 aliphatic carbocycles. The van der Waals surface area contributed by atoms with Crippen molar-refractivity contribution in [3.05, 3.63) is 71.3 Å². The van der Waals surface area contributed by atoms with Gasteiger partial charge >= 0.3 is 0 Å². The van der Waals surface area contributed by atoms with Gasteiger partial charge in [-0.2, -0.15) is 5.26 Å². The summed E-state index contributed by atoms with van der Waals surface area (Å²) in [6.45, 7) is 3.35. The lowest BCUT2D eigenvalue weighted by Crippen LogP contribution is -2.37. The van der Waals surface area contributed by atoms with Crippen molar-refractivity contribution in [1.82, 2.24) is 4.90 Å². The van der Waals surface area contributed by atoms with Crippen LogP contribution in [0.2, 0.25) is 0 Å². The highest BCUT2D eigenvalue weighted by atomic mass is 15.1. The molecule has 0 fully saturated rings. The number of unbranched alkanes of at least 4 members (excludes halogenated alkanes) is 9. The first-order valence-corrected chi connectivity index (χ1v) is 14.9. The standard InChI is InChI=1S/C34H50N2/c1-3-4-5-6-7-8-9-10-11-17-25-34(29-35,32-21-13-12-14-22-32)26-18-27-36(2)33-24-23-30-19-15-16-20-31(30)28-33/h12-16,19-22,33H,3-11,17-18,23-28H2,1-2H3. The first-order valence-electron chi connectivity index (χ1n) is 14.9. The van der Waals surface area contributed by atoms with Crippen molar-refractivity contribution in [3.63, 3.8) is 0 Å². The topological polar surface area (TPSA) is 27.0 Å². The molecule has 0 bridgehead atoms. The second kappa shape index (κ2) is 15.9. The highest BCUT2D eigenvalue weighted by molar-refractivity contribution is 5.32. The summed E-state index contributed by atoms with van der Waals surface area (Å²) < 4.78 is 0. The quantitative estimate of drug-likeness (QED) is 0.209. The van der Waals surface area contributed by atoms with Gasteiger partial charge in [-0.05, 0) is 68.8 Å². The Morgan fingerprint density at radius 3 is 2.03 bits per heavy atom. The van der Waals surface area contributed by atoms with E-state index in [4.69, 9.17) is 0 Å². The maximum absolute atomic E-state index is 10.4. The highest BCUT2D eigenvalue weighted by Crippen LogP contribution is 2.35. The molecule has 0 spiro atoms. The summed E-state index contributed by atoms with van der Waals surface area (Å²) in [5, 5.41) is 10.4. The average molecular weight is 487 g/mol. The minimum Gasteiger partial charge on any atom is -0.303 e. The van der Waals surface area contributed by atoms with E-state index >= 15 is 0 Å². The molecule has 2 nitrogen and oxygen atoms in total. The van der Waals surface area contributed by atoms with E-state index in [1.54, 1.807) is 0 Å². The lowest BCUT2D eigenvalue weighted by Gasteiger charge is -2.34. The zero-order valence-electron chi connectivity index (χ0n) is 23.2. The normalized spacial score (nSPS) is 16.9. The molecule has 0 amide bonds. The van der Waals surface area contributed by atoms with Gasteiger partial charge in [0.1, 0.15) is 0 Å². The SMILES string of the molecule is CCCCCCCCCCCCC(C#N)(CCCN(C)C1CCc2ccccc2C1)c1ccccc1. The third kappa shape index (κ3) is 8.77. The van der Waals surface area contributed by atoms with E-state index in [1.165, 1.54) is 87.3 Å². The van der Waals surface area contributed by atoms with Crippen LogP contribution in [0.25, 0.3) is 0 Å². The van der Waals surface area contributed by atoms with E-state index in [9.17, 15) is 5.26 Å². The Balaban J connectivity index is 1.46. The van der Waals surface area contributed by atoms with Gasteiger partial charge in [-0.15, -0.1) is 0 Å². The first-order chi connectivity index (χ1) is 17.7. The van der Waals surface area contributed by atoms with Crippen molar-refractivity contribution < 1.29 is 0 Å². The summed E-state index contributed by atoms with van der Waals surface area (Å²) in [4.78, 5) is 2.56. The molecule has 0 aromatic heterocycles. The van der Waals surface area contributed by atoms with Crippen molar-refractivity contribution >= 4 is 0 Å². The number of hydrogen-bond donors (Lipinski definition) is 0. The third-order valence-electron chi connectivity index (χ3n) is 8.56. The van der Waals surface area contributed by atoms with E-state index < -0.39 is 0 Å². The van der Waals surface area contributed by atoms with E-state index in [-0.39, 0.29) is 5.41 Å². The molecule has 0 aliphatic heterocycles. The predicted octanol–water partition coefficient (Wildman–Crippen LogP) is 9.03.